The molecule has 1 N–H and O–H groups in total. The van der Waals surface area contributed by atoms with Gasteiger partial charge in [0, 0.05) is 18.9 Å². The number of aromatic nitrogens is 2. The van der Waals surface area contributed by atoms with Crippen LogP contribution in [0.4, 0.5) is 5.69 Å². The van der Waals surface area contributed by atoms with E-state index < -0.39 is 0 Å². The van der Waals surface area contributed by atoms with E-state index in [1.165, 1.54) is 4.90 Å². The summed E-state index contributed by atoms with van der Waals surface area (Å²) >= 11 is 0. The Balaban J connectivity index is 1.41. The van der Waals surface area contributed by atoms with Crippen molar-refractivity contribution < 1.29 is 18.9 Å². The summed E-state index contributed by atoms with van der Waals surface area (Å²) < 4.78 is 5.40. The lowest BCUT2D eigenvalue weighted by Crippen LogP contribution is -2.31. The molecular formula is C24H24N4O4. The molecule has 8 heteroatoms. The minimum atomic E-state index is -0.315. The van der Waals surface area contributed by atoms with Gasteiger partial charge in [0.15, 0.2) is 5.82 Å². The number of rotatable bonds is 7. The Morgan fingerprint density at radius 3 is 2.31 bits per heavy atom. The molecule has 4 rings (SSSR count). The van der Waals surface area contributed by atoms with Gasteiger partial charge < -0.3 is 9.84 Å². The Morgan fingerprint density at radius 1 is 1.03 bits per heavy atom. The van der Waals surface area contributed by atoms with Crippen LogP contribution in [0.2, 0.25) is 0 Å². The molecule has 32 heavy (non-hydrogen) atoms. The molecule has 3 aromatic rings. The van der Waals surface area contributed by atoms with Gasteiger partial charge in [-0.05, 0) is 37.1 Å². The van der Waals surface area contributed by atoms with E-state index in [1.54, 1.807) is 24.3 Å². The largest absolute Gasteiger partial charge is 0.334 e. The molecule has 0 radical (unpaired) electrons. The second-order valence-electron chi connectivity index (χ2n) is 8.07. The number of nitrogens with one attached hydrogen (secondary N) is 1. The summed E-state index contributed by atoms with van der Waals surface area (Å²) in [5.74, 6) is 0.214. The van der Waals surface area contributed by atoms with Crippen molar-refractivity contribution in [3.63, 3.8) is 0 Å². The van der Waals surface area contributed by atoms with Crippen molar-refractivity contribution in [2.45, 2.75) is 39.5 Å². The lowest BCUT2D eigenvalue weighted by atomic mass is 10.1. The van der Waals surface area contributed by atoms with Crippen LogP contribution in [0, 0.1) is 6.92 Å². The highest BCUT2D eigenvalue weighted by Crippen LogP contribution is 2.31. The molecule has 0 atom stereocenters. The molecule has 0 fully saturated rings. The van der Waals surface area contributed by atoms with Gasteiger partial charge in [-0.15, -0.1) is 0 Å². The summed E-state index contributed by atoms with van der Waals surface area (Å²) in [4.78, 5) is 43.2. The molecule has 0 bridgehead atoms. The Labute approximate surface area is 185 Å². The number of carbonyl (C=O) groups is 3. The maximum absolute atomic E-state index is 12.7. The molecule has 1 aliphatic heterocycles. The topological polar surface area (TPSA) is 105 Å². The molecule has 1 aliphatic rings. The van der Waals surface area contributed by atoms with Gasteiger partial charge in [0.05, 0.1) is 22.4 Å². The average Bonchev–Trinajstić information content (AvgIpc) is 3.35. The van der Waals surface area contributed by atoms with E-state index in [9.17, 15) is 14.4 Å². The molecule has 3 amide bonds. The molecular weight excluding hydrogens is 408 g/mol. The number of aryl methyl sites for hydroxylation is 1. The number of para-hydroxylation sites is 1. The van der Waals surface area contributed by atoms with Crippen LogP contribution in [-0.2, 0) is 4.79 Å². The van der Waals surface area contributed by atoms with Gasteiger partial charge in [0.25, 0.3) is 17.7 Å². The smallest absolute Gasteiger partial charge is 0.261 e. The van der Waals surface area contributed by atoms with E-state index >= 15 is 0 Å². The van der Waals surface area contributed by atoms with Crippen LogP contribution in [0.25, 0.3) is 11.5 Å². The maximum Gasteiger partial charge on any atom is 0.261 e. The Kier molecular flexibility index (Phi) is 5.85. The van der Waals surface area contributed by atoms with Crippen LogP contribution < -0.4 is 5.32 Å². The molecule has 0 saturated heterocycles. The fourth-order valence-corrected chi connectivity index (χ4v) is 3.63. The average molecular weight is 432 g/mol. The lowest BCUT2D eigenvalue weighted by molar-refractivity contribution is -0.116. The van der Waals surface area contributed by atoms with Crippen LogP contribution in [0.3, 0.4) is 0 Å². The zero-order chi connectivity index (χ0) is 22.8. The van der Waals surface area contributed by atoms with E-state index in [-0.39, 0.29) is 36.6 Å². The van der Waals surface area contributed by atoms with Crippen LogP contribution in [-0.4, -0.2) is 39.3 Å². The fraction of sp³-hybridized carbons (Fsp3) is 0.292. The zero-order valence-electron chi connectivity index (χ0n) is 18.2. The molecule has 1 aromatic heterocycles. The molecule has 0 saturated carbocycles. The third kappa shape index (κ3) is 4.03. The first-order valence-corrected chi connectivity index (χ1v) is 10.6. The SMILES string of the molecule is Cc1cccc(-c2nc(C(C)C)no2)c1NC(=O)CCCN1C(=O)c2ccccc2C1=O. The number of carbonyl (C=O) groups excluding carboxylic acids is 3. The molecule has 0 spiro atoms. The second-order valence-corrected chi connectivity index (χ2v) is 8.07. The number of hydrogen-bond donors (Lipinski definition) is 1. The van der Waals surface area contributed by atoms with Crippen molar-refractivity contribution in [1.29, 1.82) is 0 Å². The van der Waals surface area contributed by atoms with Gasteiger partial charge in [0.1, 0.15) is 0 Å². The Hall–Kier alpha value is -3.81. The normalized spacial score (nSPS) is 13.1. The van der Waals surface area contributed by atoms with Crippen molar-refractivity contribution in [2.24, 2.45) is 0 Å². The summed E-state index contributed by atoms with van der Waals surface area (Å²) in [6, 6.07) is 12.3. The number of hydrogen-bond acceptors (Lipinski definition) is 6. The van der Waals surface area contributed by atoms with Crippen LogP contribution in [0.5, 0.6) is 0 Å². The number of fused-ring (bicyclic) bond motifs is 1. The van der Waals surface area contributed by atoms with Gasteiger partial charge in [-0.1, -0.05) is 43.3 Å². The van der Waals surface area contributed by atoms with E-state index in [2.05, 4.69) is 15.5 Å². The molecule has 8 nitrogen and oxygen atoms in total. The number of benzene rings is 2. The highest BCUT2D eigenvalue weighted by molar-refractivity contribution is 6.21. The van der Waals surface area contributed by atoms with Gasteiger partial charge in [0.2, 0.25) is 5.91 Å². The third-order valence-corrected chi connectivity index (χ3v) is 5.39. The van der Waals surface area contributed by atoms with Gasteiger partial charge in [-0.25, -0.2) is 0 Å². The van der Waals surface area contributed by atoms with E-state index in [1.807, 2.05) is 39.0 Å². The van der Waals surface area contributed by atoms with Crippen molar-refractivity contribution in [3.05, 3.63) is 65.0 Å². The van der Waals surface area contributed by atoms with E-state index in [0.717, 1.165) is 5.56 Å². The standard InChI is InChI=1S/C24H24N4O4/c1-14(2)21-26-22(32-27-21)18-11-6-8-15(3)20(18)25-19(29)12-7-13-28-23(30)16-9-4-5-10-17(16)24(28)31/h4-6,8-11,14H,7,12-13H2,1-3H3,(H,25,29). The summed E-state index contributed by atoms with van der Waals surface area (Å²) in [7, 11) is 0. The van der Waals surface area contributed by atoms with Crippen molar-refractivity contribution in [2.75, 3.05) is 11.9 Å². The van der Waals surface area contributed by atoms with Gasteiger partial charge in [-0.3, -0.25) is 19.3 Å². The lowest BCUT2D eigenvalue weighted by Gasteiger charge is -2.14. The third-order valence-electron chi connectivity index (χ3n) is 5.39. The minimum absolute atomic E-state index is 0.123. The first-order chi connectivity index (χ1) is 15.4. The van der Waals surface area contributed by atoms with Crippen LogP contribution in [0.15, 0.2) is 47.0 Å². The van der Waals surface area contributed by atoms with Crippen molar-refractivity contribution in [3.8, 4) is 11.5 Å². The molecule has 0 unspecified atom stereocenters. The number of amides is 3. The fourth-order valence-electron chi connectivity index (χ4n) is 3.63. The first-order valence-electron chi connectivity index (χ1n) is 10.6. The second kappa shape index (κ2) is 8.74. The summed E-state index contributed by atoms with van der Waals surface area (Å²) in [6.07, 6.45) is 0.513. The first kappa shape index (κ1) is 21.4. The van der Waals surface area contributed by atoms with Crippen molar-refractivity contribution >= 4 is 23.4 Å². The minimum Gasteiger partial charge on any atom is -0.334 e. The van der Waals surface area contributed by atoms with Gasteiger partial charge in [-0.2, -0.15) is 4.98 Å². The zero-order valence-corrected chi connectivity index (χ0v) is 18.2. The number of anilines is 1. The predicted octanol–water partition coefficient (Wildman–Crippen LogP) is 4.18. The Morgan fingerprint density at radius 2 is 1.69 bits per heavy atom. The summed E-state index contributed by atoms with van der Waals surface area (Å²) in [5.41, 5.74) is 2.94. The molecule has 2 heterocycles. The quantitative estimate of drug-likeness (QED) is 0.562. The summed E-state index contributed by atoms with van der Waals surface area (Å²) in [6.45, 7) is 6.02. The van der Waals surface area contributed by atoms with Crippen LogP contribution >= 0.6 is 0 Å². The molecule has 2 aromatic carbocycles. The highest BCUT2D eigenvalue weighted by Gasteiger charge is 2.34. The van der Waals surface area contributed by atoms with Crippen LogP contribution in [0.1, 0.15) is 64.7 Å². The Bertz CT molecular complexity index is 1160. The molecule has 0 aliphatic carbocycles. The predicted molar refractivity (Wildman–Crippen MR) is 118 cm³/mol. The monoisotopic (exact) mass is 432 g/mol. The molecule has 164 valence electrons. The van der Waals surface area contributed by atoms with E-state index in [4.69, 9.17) is 4.52 Å². The van der Waals surface area contributed by atoms with Gasteiger partial charge >= 0.3 is 0 Å². The number of nitrogens with zero attached hydrogens (tertiary/aromatic N) is 3. The highest BCUT2D eigenvalue weighted by atomic mass is 16.5. The van der Waals surface area contributed by atoms with E-state index in [0.29, 0.717) is 40.5 Å². The van der Waals surface area contributed by atoms with Crippen molar-refractivity contribution in [1.82, 2.24) is 15.0 Å². The summed E-state index contributed by atoms with van der Waals surface area (Å²) in [5, 5.41) is 6.92. The number of imide groups is 1. The maximum atomic E-state index is 12.7.